The van der Waals surface area contributed by atoms with Gasteiger partial charge in [-0.2, -0.15) is 5.26 Å². The molecule has 0 heterocycles. The van der Waals surface area contributed by atoms with Crippen LogP contribution >= 0.6 is 11.6 Å². The third-order valence-electron chi connectivity index (χ3n) is 2.92. The molecule has 0 spiro atoms. The Hall–Kier alpha value is -2.55. The van der Waals surface area contributed by atoms with Gasteiger partial charge in [0, 0.05) is 0 Å². The Morgan fingerprint density at radius 1 is 1.24 bits per heavy atom. The zero-order chi connectivity index (χ0) is 15.4. The van der Waals surface area contributed by atoms with E-state index in [1.54, 1.807) is 24.3 Å². The number of aryl methyl sites for hydroxylation is 1. The highest BCUT2D eigenvalue weighted by Gasteiger charge is 2.13. The normalized spacial score (nSPS) is 9.81. The number of anilines is 2. The standard InChI is InChI=1S/C15H13ClN4O/c1-9-2-4-11(13(6-9)20-18)15(21)19-14-7-10(8-17)3-5-12(14)16/h2-7,20H,18H2,1H3,(H,19,21). The van der Waals surface area contributed by atoms with Crippen molar-refractivity contribution in [1.82, 2.24) is 0 Å². The first-order chi connectivity index (χ1) is 10.0. The predicted octanol–water partition coefficient (Wildman–Crippen LogP) is 3.06. The number of nitrogens with two attached hydrogens (primary N) is 1. The molecule has 6 heteroatoms. The van der Waals surface area contributed by atoms with Gasteiger partial charge in [-0.25, -0.2) is 0 Å². The van der Waals surface area contributed by atoms with Crippen LogP contribution in [0.5, 0.6) is 0 Å². The Bertz CT molecular complexity index is 737. The molecular formula is C15H13ClN4O. The van der Waals surface area contributed by atoms with Crippen molar-refractivity contribution in [1.29, 1.82) is 5.26 Å². The first kappa shape index (κ1) is 14.9. The van der Waals surface area contributed by atoms with Gasteiger partial charge in [-0.05, 0) is 42.8 Å². The molecule has 4 N–H and O–H groups in total. The van der Waals surface area contributed by atoms with Gasteiger partial charge in [0.05, 0.1) is 33.6 Å². The Morgan fingerprint density at radius 2 is 2.00 bits per heavy atom. The van der Waals surface area contributed by atoms with Crippen molar-refractivity contribution in [3.05, 3.63) is 58.1 Å². The Morgan fingerprint density at radius 3 is 2.67 bits per heavy atom. The van der Waals surface area contributed by atoms with Gasteiger partial charge in [0.2, 0.25) is 0 Å². The number of nitrogens with one attached hydrogen (secondary N) is 2. The zero-order valence-corrected chi connectivity index (χ0v) is 12.0. The summed E-state index contributed by atoms with van der Waals surface area (Å²) >= 11 is 6.02. The first-order valence-electron chi connectivity index (χ1n) is 6.13. The maximum atomic E-state index is 12.3. The smallest absolute Gasteiger partial charge is 0.257 e. The Kier molecular flexibility index (Phi) is 4.43. The van der Waals surface area contributed by atoms with Crippen molar-refractivity contribution in [2.45, 2.75) is 6.92 Å². The molecule has 0 saturated carbocycles. The van der Waals surface area contributed by atoms with Crippen LogP contribution in [0.4, 0.5) is 11.4 Å². The van der Waals surface area contributed by atoms with E-state index in [-0.39, 0.29) is 5.91 Å². The van der Waals surface area contributed by atoms with Crippen LogP contribution in [0.2, 0.25) is 5.02 Å². The summed E-state index contributed by atoms with van der Waals surface area (Å²) < 4.78 is 0. The van der Waals surface area contributed by atoms with E-state index in [0.717, 1.165) is 5.56 Å². The number of hydrogen-bond donors (Lipinski definition) is 3. The summed E-state index contributed by atoms with van der Waals surface area (Å²) in [5.41, 5.74) is 5.17. The van der Waals surface area contributed by atoms with Crippen molar-refractivity contribution < 1.29 is 4.79 Å². The molecule has 0 atom stereocenters. The lowest BCUT2D eigenvalue weighted by molar-refractivity contribution is 0.102. The van der Waals surface area contributed by atoms with Gasteiger partial charge in [-0.1, -0.05) is 17.7 Å². The van der Waals surface area contributed by atoms with Crippen molar-refractivity contribution in [3.8, 4) is 6.07 Å². The lowest BCUT2D eigenvalue weighted by Crippen LogP contribution is -2.17. The molecule has 0 fully saturated rings. The summed E-state index contributed by atoms with van der Waals surface area (Å²) in [6.45, 7) is 1.90. The number of hydrogen-bond acceptors (Lipinski definition) is 4. The molecule has 1 amide bonds. The predicted molar refractivity (Wildman–Crippen MR) is 83.1 cm³/mol. The van der Waals surface area contributed by atoms with E-state index in [1.807, 2.05) is 19.1 Å². The largest absolute Gasteiger partial charge is 0.323 e. The number of nitrogens with zero attached hydrogens (tertiary/aromatic N) is 1. The highest BCUT2D eigenvalue weighted by molar-refractivity contribution is 6.34. The fourth-order valence-corrected chi connectivity index (χ4v) is 2.02. The average Bonchev–Trinajstić information content (AvgIpc) is 2.49. The van der Waals surface area contributed by atoms with Crippen LogP contribution in [0.15, 0.2) is 36.4 Å². The van der Waals surface area contributed by atoms with Crippen molar-refractivity contribution in [2.75, 3.05) is 10.7 Å². The number of rotatable bonds is 3. The topological polar surface area (TPSA) is 90.9 Å². The molecule has 2 rings (SSSR count). The van der Waals surface area contributed by atoms with Crippen LogP contribution in [0.25, 0.3) is 0 Å². The molecule has 2 aromatic rings. The third kappa shape index (κ3) is 3.31. The monoisotopic (exact) mass is 300 g/mol. The molecule has 0 aliphatic carbocycles. The van der Waals surface area contributed by atoms with Gasteiger partial charge >= 0.3 is 0 Å². The number of carbonyl (C=O) groups excluding carboxylic acids is 1. The summed E-state index contributed by atoms with van der Waals surface area (Å²) in [5.74, 6) is 5.07. The molecule has 0 aliphatic rings. The number of halogens is 1. The second-order valence-corrected chi connectivity index (χ2v) is 4.86. The summed E-state index contributed by atoms with van der Waals surface area (Å²) in [4.78, 5) is 12.3. The van der Waals surface area contributed by atoms with Crippen LogP contribution in [-0.4, -0.2) is 5.91 Å². The lowest BCUT2D eigenvalue weighted by Gasteiger charge is -2.11. The second kappa shape index (κ2) is 6.27. The van der Waals surface area contributed by atoms with Gasteiger partial charge in [0.15, 0.2) is 0 Å². The van der Waals surface area contributed by atoms with Crippen molar-refractivity contribution in [3.63, 3.8) is 0 Å². The summed E-state index contributed by atoms with van der Waals surface area (Å²) in [6, 6.07) is 11.9. The zero-order valence-electron chi connectivity index (χ0n) is 11.3. The fourth-order valence-electron chi connectivity index (χ4n) is 1.86. The number of benzene rings is 2. The molecule has 2 aromatic carbocycles. The lowest BCUT2D eigenvalue weighted by atomic mass is 10.1. The SMILES string of the molecule is Cc1ccc(C(=O)Nc2cc(C#N)ccc2Cl)c(NN)c1. The van der Waals surface area contributed by atoms with E-state index in [1.165, 1.54) is 6.07 Å². The molecule has 0 aromatic heterocycles. The molecule has 5 nitrogen and oxygen atoms in total. The fraction of sp³-hybridized carbons (Fsp3) is 0.0667. The highest BCUT2D eigenvalue weighted by Crippen LogP contribution is 2.25. The summed E-state index contributed by atoms with van der Waals surface area (Å²) in [6.07, 6.45) is 0. The molecule has 0 radical (unpaired) electrons. The Balaban J connectivity index is 2.32. The van der Waals surface area contributed by atoms with Crippen LogP contribution < -0.4 is 16.6 Å². The second-order valence-electron chi connectivity index (χ2n) is 4.45. The van der Waals surface area contributed by atoms with E-state index in [9.17, 15) is 4.79 Å². The molecule has 21 heavy (non-hydrogen) atoms. The minimum atomic E-state index is -0.361. The van der Waals surface area contributed by atoms with Crippen molar-refractivity contribution >= 4 is 28.9 Å². The quantitative estimate of drug-likeness (QED) is 0.600. The number of amides is 1. The van der Waals surface area contributed by atoms with E-state index in [0.29, 0.717) is 27.5 Å². The number of nitriles is 1. The van der Waals surface area contributed by atoms with Crippen LogP contribution in [0, 0.1) is 18.3 Å². The van der Waals surface area contributed by atoms with Crippen LogP contribution in [0.1, 0.15) is 21.5 Å². The van der Waals surface area contributed by atoms with E-state index >= 15 is 0 Å². The maximum absolute atomic E-state index is 12.3. The summed E-state index contributed by atoms with van der Waals surface area (Å²) in [7, 11) is 0. The first-order valence-corrected chi connectivity index (χ1v) is 6.51. The maximum Gasteiger partial charge on any atom is 0.257 e. The number of hydrazine groups is 1. The van der Waals surface area contributed by atoms with Gasteiger partial charge in [-0.3, -0.25) is 10.6 Å². The van der Waals surface area contributed by atoms with Gasteiger partial charge in [0.1, 0.15) is 0 Å². The summed E-state index contributed by atoms with van der Waals surface area (Å²) in [5, 5.41) is 11.9. The van der Waals surface area contributed by atoms with Crippen LogP contribution in [-0.2, 0) is 0 Å². The van der Waals surface area contributed by atoms with Gasteiger partial charge in [0.25, 0.3) is 5.91 Å². The third-order valence-corrected chi connectivity index (χ3v) is 3.25. The van der Waals surface area contributed by atoms with Gasteiger partial charge < -0.3 is 10.7 Å². The molecule has 0 unspecified atom stereocenters. The average molecular weight is 301 g/mol. The van der Waals surface area contributed by atoms with Gasteiger partial charge in [-0.15, -0.1) is 0 Å². The minimum absolute atomic E-state index is 0.358. The minimum Gasteiger partial charge on any atom is -0.323 e. The molecule has 0 saturated heterocycles. The van der Waals surface area contributed by atoms with Crippen LogP contribution in [0.3, 0.4) is 0 Å². The van der Waals surface area contributed by atoms with Crippen molar-refractivity contribution in [2.24, 2.45) is 5.84 Å². The molecule has 0 aliphatic heterocycles. The number of carbonyl (C=O) groups is 1. The highest BCUT2D eigenvalue weighted by atomic mass is 35.5. The van der Waals surface area contributed by atoms with E-state index in [2.05, 4.69) is 10.7 Å². The molecule has 0 bridgehead atoms. The van der Waals surface area contributed by atoms with E-state index in [4.69, 9.17) is 22.7 Å². The molecule has 106 valence electrons. The van der Waals surface area contributed by atoms with E-state index < -0.39 is 0 Å². The Labute approximate surface area is 127 Å². The molecular weight excluding hydrogens is 288 g/mol. The number of nitrogen functional groups attached to an aromatic ring is 1.